The zero-order chi connectivity index (χ0) is 14.9. The van der Waals surface area contributed by atoms with Crippen LogP contribution in [-0.2, 0) is 4.74 Å². The van der Waals surface area contributed by atoms with E-state index in [2.05, 4.69) is 30.7 Å². The lowest BCUT2D eigenvalue weighted by atomic mass is 9.98. The molecule has 2 rings (SSSR count). The Labute approximate surface area is 120 Å². The molecule has 0 aromatic heterocycles. The topological polar surface area (TPSA) is 58.8 Å². The SMILES string of the molecule is COC(=O)c1ccc(N)c(N2CCN(C)C(C)(C)C2)c1. The van der Waals surface area contributed by atoms with Crippen molar-refractivity contribution in [2.45, 2.75) is 19.4 Å². The third-order valence-electron chi connectivity index (χ3n) is 4.11. The van der Waals surface area contributed by atoms with Gasteiger partial charge in [0.15, 0.2) is 0 Å². The van der Waals surface area contributed by atoms with E-state index >= 15 is 0 Å². The summed E-state index contributed by atoms with van der Waals surface area (Å²) in [6.45, 7) is 7.15. The molecule has 0 amide bonds. The number of hydrogen-bond acceptors (Lipinski definition) is 5. The number of ether oxygens (including phenoxy) is 1. The molecule has 5 heteroatoms. The number of hydrogen-bond donors (Lipinski definition) is 1. The van der Waals surface area contributed by atoms with E-state index in [-0.39, 0.29) is 11.5 Å². The van der Waals surface area contributed by atoms with Crippen LogP contribution >= 0.6 is 0 Å². The van der Waals surface area contributed by atoms with E-state index in [4.69, 9.17) is 10.5 Å². The molecule has 1 aliphatic heterocycles. The fraction of sp³-hybridized carbons (Fsp3) is 0.533. The lowest BCUT2D eigenvalue weighted by Crippen LogP contribution is -2.57. The molecule has 1 aromatic rings. The molecule has 1 heterocycles. The standard InChI is InChI=1S/C15H23N3O2/c1-15(2)10-18(8-7-17(15)3)13-9-11(14(19)20-4)5-6-12(13)16/h5-6,9H,7-8,10,16H2,1-4H3. The van der Waals surface area contributed by atoms with Crippen molar-refractivity contribution in [2.24, 2.45) is 0 Å². The maximum absolute atomic E-state index is 11.6. The van der Waals surface area contributed by atoms with Crippen molar-refractivity contribution in [3.63, 3.8) is 0 Å². The Morgan fingerprint density at radius 1 is 1.35 bits per heavy atom. The van der Waals surface area contributed by atoms with Gasteiger partial charge in [0.25, 0.3) is 0 Å². The first kappa shape index (κ1) is 14.7. The summed E-state index contributed by atoms with van der Waals surface area (Å²) >= 11 is 0. The minimum Gasteiger partial charge on any atom is -0.465 e. The number of carbonyl (C=O) groups is 1. The first-order valence-electron chi connectivity index (χ1n) is 6.79. The molecular formula is C15H23N3O2. The maximum Gasteiger partial charge on any atom is 0.337 e. The number of esters is 1. The Balaban J connectivity index is 2.30. The molecule has 110 valence electrons. The highest BCUT2D eigenvalue weighted by atomic mass is 16.5. The molecule has 5 nitrogen and oxygen atoms in total. The van der Waals surface area contributed by atoms with Crippen molar-refractivity contribution in [1.82, 2.24) is 4.90 Å². The van der Waals surface area contributed by atoms with E-state index in [9.17, 15) is 4.79 Å². The van der Waals surface area contributed by atoms with Crippen LogP contribution in [0.3, 0.4) is 0 Å². The van der Waals surface area contributed by atoms with Crippen LogP contribution < -0.4 is 10.6 Å². The number of nitrogens with two attached hydrogens (primary N) is 1. The number of anilines is 2. The lowest BCUT2D eigenvalue weighted by molar-refractivity contribution is 0.0601. The Morgan fingerprint density at radius 3 is 2.65 bits per heavy atom. The average Bonchev–Trinajstić information content (AvgIpc) is 2.41. The van der Waals surface area contributed by atoms with Crippen LogP contribution in [0.4, 0.5) is 11.4 Å². The molecule has 0 atom stereocenters. The average molecular weight is 277 g/mol. The predicted molar refractivity (Wildman–Crippen MR) is 81.1 cm³/mol. The van der Waals surface area contributed by atoms with Crippen LogP contribution in [-0.4, -0.2) is 50.2 Å². The molecule has 0 aliphatic carbocycles. The van der Waals surface area contributed by atoms with E-state index in [1.807, 2.05) is 6.07 Å². The van der Waals surface area contributed by atoms with Gasteiger partial charge in [-0.2, -0.15) is 0 Å². The number of likely N-dealkylation sites (N-methyl/N-ethyl adjacent to an activating group) is 1. The van der Waals surface area contributed by atoms with Gasteiger partial charge in [-0.25, -0.2) is 4.79 Å². The van der Waals surface area contributed by atoms with Crippen molar-refractivity contribution < 1.29 is 9.53 Å². The summed E-state index contributed by atoms with van der Waals surface area (Å²) < 4.78 is 4.77. The van der Waals surface area contributed by atoms with Crippen molar-refractivity contribution in [3.05, 3.63) is 23.8 Å². The smallest absolute Gasteiger partial charge is 0.337 e. The van der Waals surface area contributed by atoms with Gasteiger partial charge < -0.3 is 15.4 Å². The van der Waals surface area contributed by atoms with Crippen LogP contribution in [0.15, 0.2) is 18.2 Å². The van der Waals surface area contributed by atoms with Gasteiger partial charge in [0, 0.05) is 25.2 Å². The number of benzene rings is 1. The maximum atomic E-state index is 11.6. The summed E-state index contributed by atoms with van der Waals surface area (Å²) in [5.41, 5.74) is 8.29. The highest BCUT2D eigenvalue weighted by Crippen LogP contribution is 2.29. The highest BCUT2D eigenvalue weighted by Gasteiger charge is 2.31. The summed E-state index contributed by atoms with van der Waals surface area (Å²) in [6.07, 6.45) is 0. The number of methoxy groups -OCH3 is 1. The van der Waals surface area contributed by atoms with Gasteiger partial charge in [-0.1, -0.05) is 0 Å². The number of rotatable bonds is 2. The number of nitrogen functional groups attached to an aromatic ring is 1. The molecule has 0 unspecified atom stereocenters. The van der Waals surface area contributed by atoms with Crippen molar-refractivity contribution in [3.8, 4) is 0 Å². The molecule has 1 aromatic carbocycles. The van der Waals surface area contributed by atoms with E-state index < -0.39 is 0 Å². The van der Waals surface area contributed by atoms with Crippen molar-refractivity contribution in [2.75, 3.05) is 44.4 Å². The van der Waals surface area contributed by atoms with Gasteiger partial charge in [-0.05, 0) is 39.1 Å². The van der Waals surface area contributed by atoms with Crippen LogP contribution in [0.25, 0.3) is 0 Å². The van der Waals surface area contributed by atoms with Gasteiger partial charge >= 0.3 is 5.97 Å². The second-order valence-electron chi connectivity index (χ2n) is 5.92. The zero-order valence-electron chi connectivity index (χ0n) is 12.6. The zero-order valence-corrected chi connectivity index (χ0v) is 12.6. The Bertz CT molecular complexity index is 514. The Hall–Kier alpha value is -1.75. The molecular weight excluding hydrogens is 254 g/mol. The fourth-order valence-electron chi connectivity index (χ4n) is 2.51. The molecule has 0 bridgehead atoms. The second kappa shape index (κ2) is 5.32. The van der Waals surface area contributed by atoms with Gasteiger partial charge in [0.2, 0.25) is 0 Å². The van der Waals surface area contributed by atoms with Crippen molar-refractivity contribution in [1.29, 1.82) is 0 Å². The van der Waals surface area contributed by atoms with E-state index in [0.717, 1.165) is 25.3 Å². The summed E-state index contributed by atoms with van der Waals surface area (Å²) in [6, 6.07) is 5.29. The van der Waals surface area contributed by atoms with Gasteiger partial charge in [0.1, 0.15) is 0 Å². The number of carbonyl (C=O) groups excluding carboxylic acids is 1. The van der Waals surface area contributed by atoms with Gasteiger partial charge in [0.05, 0.1) is 24.0 Å². The molecule has 0 spiro atoms. The van der Waals surface area contributed by atoms with E-state index in [1.165, 1.54) is 7.11 Å². The first-order chi connectivity index (χ1) is 9.35. The highest BCUT2D eigenvalue weighted by molar-refractivity contribution is 5.92. The molecule has 1 aliphatic rings. The molecule has 20 heavy (non-hydrogen) atoms. The summed E-state index contributed by atoms with van der Waals surface area (Å²) in [4.78, 5) is 16.2. The Morgan fingerprint density at radius 2 is 2.05 bits per heavy atom. The molecule has 0 radical (unpaired) electrons. The van der Waals surface area contributed by atoms with Gasteiger partial charge in [-0.3, -0.25) is 4.90 Å². The Kier molecular flexibility index (Phi) is 3.90. The second-order valence-corrected chi connectivity index (χ2v) is 5.92. The normalized spacial score (nSPS) is 18.9. The van der Waals surface area contributed by atoms with Crippen molar-refractivity contribution >= 4 is 17.3 Å². The largest absolute Gasteiger partial charge is 0.465 e. The van der Waals surface area contributed by atoms with Crippen LogP contribution in [0.5, 0.6) is 0 Å². The molecule has 1 fully saturated rings. The van der Waals surface area contributed by atoms with Crippen LogP contribution in [0.1, 0.15) is 24.2 Å². The molecule has 2 N–H and O–H groups in total. The third kappa shape index (κ3) is 2.72. The lowest BCUT2D eigenvalue weighted by Gasteiger charge is -2.46. The summed E-state index contributed by atoms with van der Waals surface area (Å²) in [5.74, 6) is -0.334. The predicted octanol–water partition coefficient (Wildman–Crippen LogP) is 1.59. The van der Waals surface area contributed by atoms with Crippen LogP contribution in [0.2, 0.25) is 0 Å². The molecule has 0 saturated carbocycles. The molecule has 1 saturated heterocycles. The monoisotopic (exact) mass is 277 g/mol. The van der Waals surface area contributed by atoms with Crippen LogP contribution in [0, 0.1) is 0 Å². The fourth-order valence-corrected chi connectivity index (χ4v) is 2.51. The quantitative estimate of drug-likeness (QED) is 0.657. The third-order valence-corrected chi connectivity index (χ3v) is 4.11. The number of nitrogens with zero attached hydrogens (tertiary/aromatic N) is 2. The van der Waals surface area contributed by atoms with E-state index in [1.54, 1.807) is 12.1 Å². The summed E-state index contributed by atoms with van der Waals surface area (Å²) in [7, 11) is 3.52. The minimum atomic E-state index is -0.334. The summed E-state index contributed by atoms with van der Waals surface area (Å²) in [5, 5.41) is 0. The first-order valence-corrected chi connectivity index (χ1v) is 6.79. The number of piperazine rings is 1. The van der Waals surface area contributed by atoms with Gasteiger partial charge in [-0.15, -0.1) is 0 Å². The minimum absolute atomic E-state index is 0.0754. The van der Waals surface area contributed by atoms with E-state index in [0.29, 0.717) is 11.3 Å².